The third-order valence-electron chi connectivity index (χ3n) is 3.72. The highest BCUT2D eigenvalue weighted by molar-refractivity contribution is 5.32. The van der Waals surface area contributed by atoms with Crippen molar-refractivity contribution in [1.29, 1.82) is 0 Å². The Labute approximate surface area is 105 Å². The summed E-state index contributed by atoms with van der Waals surface area (Å²) in [6, 6.07) is 9.49. The molecule has 1 aliphatic rings. The minimum atomic E-state index is 0.550. The van der Waals surface area contributed by atoms with Crippen molar-refractivity contribution in [2.45, 2.75) is 38.1 Å². The molecule has 2 N–H and O–H groups in total. The number of likely N-dealkylation sites (N-methyl/N-ethyl adjacent to an activating group) is 1. The van der Waals surface area contributed by atoms with Crippen molar-refractivity contribution in [2.75, 3.05) is 20.1 Å². The van der Waals surface area contributed by atoms with Crippen molar-refractivity contribution in [3.8, 4) is 0 Å². The van der Waals surface area contributed by atoms with Gasteiger partial charge < -0.3 is 10.6 Å². The van der Waals surface area contributed by atoms with Crippen LogP contribution >= 0.6 is 0 Å². The lowest BCUT2D eigenvalue weighted by Gasteiger charge is -2.27. The molecular weight excluding hydrogens is 208 g/mol. The van der Waals surface area contributed by atoms with Crippen LogP contribution in [-0.4, -0.2) is 26.2 Å². The van der Waals surface area contributed by atoms with Crippen LogP contribution in [0.3, 0.4) is 0 Å². The van der Waals surface area contributed by atoms with Gasteiger partial charge in [-0.3, -0.25) is 0 Å². The largest absolute Gasteiger partial charge is 0.318 e. The first-order valence-electron chi connectivity index (χ1n) is 6.77. The van der Waals surface area contributed by atoms with E-state index in [4.69, 9.17) is 0 Å². The molecule has 2 atom stereocenters. The molecule has 17 heavy (non-hydrogen) atoms. The van der Waals surface area contributed by atoms with Crippen molar-refractivity contribution < 1.29 is 0 Å². The fourth-order valence-corrected chi connectivity index (χ4v) is 2.79. The van der Waals surface area contributed by atoms with Gasteiger partial charge in [-0.2, -0.15) is 0 Å². The molecule has 0 amide bonds. The number of rotatable bonds is 5. The fourth-order valence-electron chi connectivity index (χ4n) is 2.79. The van der Waals surface area contributed by atoms with Crippen molar-refractivity contribution in [3.05, 3.63) is 35.4 Å². The molecule has 1 aromatic carbocycles. The molecule has 0 radical (unpaired) electrons. The van der Waals surface area contributed by atoms with E-state index < -0.39 is 0 Å². The Kier molecular flexibility index (Phi) is 4.57. The molecule has 0 saturated heterocycles. The monoisotopic (exact) mass is 232 g/mol. The van der Waals surface area contributed by atoms with E-state index in [9.17, 15) is 0 Å². The smallest absolute Gasteiger partial charge is 0.0164 e. The molecule has 0 spiro atoms. The Morgan fingerprint density at radius 1 is 1.35 bits per heavy atom. The zero-order valence-corrected chi connectivity index (χ0v) is 11.0. The quantitative estimate of drug-likeness (QED) is 0.814. The van der Waals surface area contributed by atoms with Gasteiger partial charge in [-0.25, -0.2) is 0 Å². The van der Waals surface area contributed by atoms with Crippen LogP contribution in [0.25, 0.3) is 0 Å². The van der Waals surface area contributed by atoms with Gasteiger partial charge in [0.15, 0.2) is 0 Å². The van der Waals surface area contributed by atoms with E-state index in [1.165, 1.54) is 19.3 Å². The first kappa shape index (κ1) is 12.6. The first-order valence-corrected chi connectivity index (χ1v) is 6.77. The normalized spacial score (nSPS) is 20.9. The number of nitrogens with one attached hydrogen (secondary N) is 2. The van der Waals surface area contributed by atoms with Gasteiger partial charge in [-0.05, 0) is 50.3 Å². The summed E-state index contributed by atoms with van der Waals surface area (Å²) in [6.45, 7) is 4.39. The van der Waals surface area contributed by atoms with Gasteiger partial charge in [-0.1, -0.05) is 24.3 Å². The zero-order valence-electron chi connectivity index (χ0n) is 11.0. The van der Waals surface area contributed by atoms with Crippen molar-refractivity contribution in [3.63, 3.8) is 0 Å². The average Bonchev–Trinajstić information content (AvgIpc) is 2.36. The van der Waals surface area contributed by atoms with Crippen LogP contribution < -0.4 is 10.6 Å². The molecule has 94 valence electrons. The highest BCUT2D eigenvalue weighted by atomic mass is 15.0. The van der Waals surface area contributed by atoms with Crippen LogP contribution in [0.5, 0.6) is 0 Å². The molecule has 2 rings (SSSR count). The minimum Gasteiger partial charge on any atom is -0.318 e. The maximum Gasteiger partial charge on any atom is 0.0164 e. The second-order valence-electron chi connectivity index (χ2n) is 5.15. The maximum atomic E-state index is 3.63. The molecule has 0 aliphatic heterocycles. The lowest BCUT2D eigenvalue weighted by Crippen LogP contribution is -2.37. The van der Waals surface area contributed by atoms with E-state index in [0.29, 0.717) is 12.0 Å². The second-order valence-corrected chi connectivity index (χ2v) is 5.15. The average molecular weight is 232 g/mol. The van der Waals surface area contributed by atoms with Crippen LogP contribution in [0.1, 0.15) is 36.8 Å². The SMILES string of the molecule is CNCC(C)NCC1CCCc2ccccc21. The summed E-state index contributed by atoms with van der Waals surface area (Å²) >= 11 is 0. The summed E-state index contributed by atoms with van der Waals surface area (Å²) in [6.07, 6.45) is 3.93. The number of benzene rings is 1. The Balaban J connectivity index is 1.94. The maximum absolute atomic E-state index is 3.63. The van der Waals surface area contributed by atoms with Crippen LogP contribution in [0.15, 0.2) is 24.3 Å². The van der Waals surface area contributed by atoms with Crippen molar-refractivity contribution in [2.24, 2.45) is 0 Å². The van der Waals surface area contributed by atoms with Crippen molar-refractivity contribution in [1.82, 2.24) is 10.6 Å². The highest BCUT2D eigenvalue weighted by Gasteiger charge is 2.19. The van der Waals surface area contributed by atoms with E-state index in [0.717, 1.165) is 13.1 Å². The molecule has 2 heteroatoms. The molecule has 0 bridgehead atoms. The third kappa shape index (κ3) is 3.30. The lowest BCUT2D eigenvalue weighted by molar-refractivity contribution is 0.456. The zero-order chi connectivity index (χ0) is 12.1. The molecule has 2 unspecified atom stereocenters. The van der Waals surface area contributed by atoms with Gasteiger partial charge >= 0.3 is 0 Å². The van der Waals surface area contributed by atoms with E-state index in [1.54, 1.807) is 11.1 Å². The first-order chi connectivity index (χ1) is 8.31. The van der Waals surface area contributed by atoms with E-state index in [1.807, 2.05) is 7.05 Å². The summed E-state index contributed by atoms with van der Waals surface area (Å²) in [5, 5.41) is 6.84. The van der Waals surface area contributed by atoms with Gasteiger partial charge in [0.1, 0.15) is 0 Å². The number of aryl methyl sites for hydroxylation is 1. The van der Waals surface area contributed by atoms with E-state index >= 15 is 0 Å². The molecule has 0 heterocycles. The summed E-state index contributed by atoms with van der Waals surface area (Å²) < 4.78 is 0. The summed E-state index contributed by atoms with van der Waals surface area (Å²) in [5.74, 6) is 0.708. The number of fused-ring (bicyclic) bond motifs is 1. The van der Waals surface area contributed by atoms with Gasteiger partial charge in [0, 0.05) is 19.1 Å². The van der Waals surface area contributed by atoms with E-state index in [2.05, 4.69) is 41.8 Å². The number of hydrogen-bond donors (Lipinski definition) is 2. The second kappa shape index (κ2) is 6.18. The minimum absolute atomic E-state index is 0.550. The van der Waals surface area contributed by atoms with Gasteiger partial charge in [-0.15, -0.1) is 0 Å². The summed E-state index contributed by atoms with van der Waals surface area (Å²) in [4.78, 5) is 0. The fraction of sp³-hybridized carbons (Fsp3) is 0.600. The van der Waals surface area contributed by atoms with Gasteiger partial charge in [0.05, 0.1) is 0 Å². The Bertz CT molecular complexity index is 349. The predicted molar refractivity (Wildman–Crippen MR) is 73.5 cm³/mol. The van der Waals surface area contributed by atoms with Gasteiger partial charge in [0.25, 0.3) is 0 Å². The van der Waals surface area contributed by atoms with Gasteiger partial charge in [0.2, 0.25) is 0 Å². The molecular formula is C15H24N2. The Morgan fingerprint density at radius 3 is 3.00 bits per heavy atom. The number of hydrogen-bond acceptors (Lipinski definition) is 2. The molecule has 0 fully saturated rings. The predicted octanol–water partition coefficient (Wildman–Crippen LogP) is 2.30. The summed E-state index contributed by atoms with van der Waals surface area (Å²) in [7, 11) is 2.01. The molecule has 2 nitrogen and oxygen atoms in total. The molecule has 0 aromatic heterocycles. The Hall–Kier alpha value is -0.860. The van der Waals surface area contributed by atoms with Crippen molar-refractivity contribution >= 4 is 0 Å². The molecule has 1 aromatic rings. The van der Waals surface area contributed by atoms with Crippen LogP contribution in [0, 0.1) is 0 Å². The van der Waals surface area contributed by atoms with Crippen LogP contribution in [0.2, 0.25) is 0 Å². The van der Waals surface area contributed by atoms with Crippen LogP contribution in [-0.2, 0) is 6.42 Å². The molecule has 1 aliphatic carbocycles. The lowest BCUT2D eigenvalue weighted by atomic mass is 9.83. The third-order valence-corrected chi connectivity index (χ3v) is 3.72. The summed E-state index contributed by atoms with van der Waals surface area (Å²) in [5.41, 5.74) is 3.13. The highest BCUT2D eigenvalue weighted by Crippen LogP contribution is 2.30. The standard InChI is InChI=1S/C15H24N2/c1-12(10-16-2)17-11-14-8-5-7-13-6-3-4-9-15(13)14/h3-4,6,9,12,14,16-17H,5,7-8,10-11H2,1-2H3. The van der Waals surface area contributed by atoms with Crippen LogP contribution in [0.4, 0.5) is 0 Å². The molecule has 0 saturated carbocycles. The Morgan fingerprint density at radius 2 is 2.18 bits per heavy atom. The topological polar surface area (TPSA) is 24.1 Å². The van der Waals surface area contributed by atoms with E-state index in [-0.39, 0.29) is 0 Å².